The fraction of sp³-hybridized carbons (Fsp3) is 0.350. The number of carbonyl (C=O) groups is 1. The van der Waals surface area contributed by atoms with Crippen molar-refractivity contribution in [3.05, 3.63) is 59.2 Å². The van der Waals surface area contributed by atoms with Gasteiger partial charge in [-0.05, 0) is 56.5 Å². The maximum absolute atomic E-state index is 12.8. The summed E-state index contributed by atoms with van der Waals surface area (Å²) < 4.78 is 33.5. The van der Waals surface area contributed by atoms with Gasteiger partial charge in [-0.2, -0.15) is 0 Å². The summed E-state index contributed by atoms with van der Waals surface area (Å²) in [5.74, 6) is -0.307. The van der Waals surface area contributed by atoms with Gasteiger partial charge in [0.05, 0.1) is 10.6 Å². The normalized spacial score (nSPS) is 11.2. The number of para-hydroxylation sites is 1. The summed E-state index contributed by atoms with van der Waals surface area (Å²) in [7, 11) is -3.81. The Hall–Kier alpha value is -2.38. The second-order valence-electron chi connectivity index (χ2n) is 6.21. The van der Waals surface area contributed by atoms with E-state index >= 15 is 0 Å². The molecule has 2 aromatic rings. The standard InChI is InChI=1S/C20H26N2O4S/c1-4-26-13-7-12-21-20(23)17-11-10-16(3)19(14-17)27(24,25)22-18-9-6-5-8-15(18)2/h5-6,8-11,14,22H,4,7,12-13H2,1-3H3,(H,21,23). The molecule has 6 nitrogen and oxygen atoms in total. The molecule has 0 unspecified atom stereocenters. The molecule has 0 aliphatic heterocycles. The highest BCUT2D eigenvalue weighted by Gasteiger charge is 2.20. The van der Waals surface area contributed by atoms with Gasteiger partial charge in [0, 0.05) is 25.3 Å². The van der Waals surface area contributed by atoms with Crippen LogP contribution in [0.2, 0.25) is 0 Å². The number of hydrogen-bond donors (Lipinski definition) is 2. The first-order valence-electron chi connectivity index (χ1n) is 8.90. The van der Waals surface area contributed by atoms with Crippen LogP contribution < -0.4 is 10.0 Å². The summed E-state index contributed by atoms with van der Waals surface area (Å²) in [5, 5.41) is 2.78. The van der Waals surface area contributed by atoms with E-state index in [9.17, 15) is 13.2 Å². The van der Waals surface area contributed by atoms with Crippen LogP contribution in [0.1, 0.15) is 34.8 Å². The monoisotopic (exact) mass is 390 g/mol. The Kier molecular flexibility index (Phi) is 7.38. The van der Waals surface area contributed by atoms with Gasteiger partial charge < -0.3 is 10.1 Å². The third-order valence-corrected chi connectivity index (χ3v) is 5.59. The minimum Gasteiger partial charge on any atom is -0.382 e. The molecule has 0 aliphatic rings. The molecular weight excluding hydrogens is 364 g/mol. The highest BCUT2D eigenvalue weighted by Crippen LogP contribution is 2.22. The lowest BCUT2D eigenvalue weighted by Crippen LogP contribution is -2.26. The minimum absolute atomic E-state index is 0.0905. The Labute approximate surface area is 161 Å². The molecule has 146 valence electrons. The molecule has 7 heteroatoms. The number of benzene rings is 2. The lowest BCUT2D eigenvalue weighted by molar-refractivity contribution is 0.0944. The quantitative estimate of drug-likeness (QED) is 0.644. The number of carbonyl (C=O) groups excluding carboxylic acids is 1. The smallest absolute Gasteiger partial charge is 0.262 e. The zero-order chi connectivity index (χ0) is 19.9. The van der Waals surface area contributed by atoms with Crippen molar-refractivity contribution in [3.8, 4) is 0 Å². The number of sulfonamides is 1. The van der Waals surface area contributed by atoms with Crippen LogP contribution in [0.5, 0.6) is 0 Å². The van der Waals surface area contributed by atoms with Gasteiger partial charge in [-0.25, -0.2) is 8.42 Å². The molecule has 0 radical (unpaired) electrons. The van der Waals surface area contributed by atoms with Crippen LogP contribution in [0, 0.1) is 13.8 Å². The SMILES string of the molecule is CCOCCCNC(=O)c1ccc(C)c(S(=O)(=O)Nc2ccccc2C)c1. The van der Waals surface area contributed by atoms with Crippen LogP contribution in [-0.4, -0.2) is 34.1 Å². The van der Waals surface area contributed by atoms with E-state index < -0.39 is 10.0 Å². The van der Waals surface area contributed by atoms with Crippen molar-refractivity contribution in [1.82, 2.24) is 5.32 Å². The van der Waals surface area contributed by atoms with Gasteiger partial charge in [0.2, 0.25) is 0 Å². The molecule has 0 saturated carbocycles. The molecule has 0 heterocycles. The van der Waals surface area contributed by atoms with E-state index in [-0.39, 0.29) is 10.8 Å². The Balaban J connectivity index is 2.16. The first-order valence-corrected chi connectivity index (χ1v) is 10.4. The molecule has 1 amide bonds. The van der Waals surface area contributed by atoms with Crippen molar-refractivity contribution in [1.29, 1.82) is 0 Å². The van der Waals surface area contributed by atoms with Crippen LogP contribution in [0.25, 0.3) is 0 Å². The third kappa shape index (κ3) is 5.80. The van der Waals surface area contributed by atoms with E-state index in [2.05, 4.69) is 10.0 Å². The number of aryl methyl sites for hydroxylation is 2. The van der Waals surface area contributed by atoms with Crippen molar-refractivity contribution < 1.29 is 17.9 Å². The fourth-order valence-corrected chi connectivity index (χ4v) is 3.94. The van der Waals surface area contributed by atoms with Gasteiger partial charge in [-0.1, -0.05) is 24.3 Å². The molecular formula is C20H26N2O4S. The molecule has 0 spiro atoms. The highest BCUT2D eigenvalue weighted by atomic mass is 32.2. The Morgan fingerprint density at radius 2 is 1.81 bits per heavy atom. The number of rotatable bonds is 9. The summed E-state index contributed by atoms with van der Waals surface area (Å²) in [6.45, 7) is 7.13. The maximum Gasteiger partial charge on any atom is 0.262 e. The van der Waals surface area contributed by atoms with Crippen molar-refractivity contribution in [2.75, 3.05) is 24.5 Å². The van der Waals surface area contributed by atoms with Crippen LogP contribution in [0.4, 0.5) is 5.69 Å². The van der Waals surface area contributed by atoms with Crippen LogP contribution in [-0.2, 0) is 14.8 Å². The number of amides is 1. The first-order chi connectivity index (χ1) is 12.8. The summed E-state index contributed by atoms with van der Waals surface area (Å²) in [6, 6.07) is 11.8. The second-order valence-corrected chi connectivity index (χ2v) is 7.86. The summed E-state index contributed by atoms with van der Waals surface area (Å²) >= 11 is 0. The number of nitrogens with one attached hydrogen (secondary N) is 2. The second kappa shape index (κ2) is 9.53. The summed E-state index contributed by atoms with van der Waals surface area (Å²) in [4.78, 5) is 12.4. The molecule has 0 bridgehead atoms. The minimum atomic E-state index is -3.81. The van der Waals surface area contributed by atoms with E-state index in [0.717, 1.165) is 5.56 Å². The Bertz CT molecular complexity index is 895. The summed E-state index contributed by atoms with van der Waals surface area (Å²) in [6.07, 6.45) is 0.700. The van der Waals surface area contributed by atoms with Gasteiger partial charge in [0.15, 0.2) is 0 Å². The predicted octanol–water partition coefficient (Wildman–Crippen LogP) is 3.26. The number of hydrogen-bond acceptors (Lipinski definition) is 4. The molecule has 2 rings (SSSR count). The molecule has 2 aromatic carbocycles. The average molecular weight is 391 g/mol. The molecule has 0 saturated heterocycles. The fourth-order valence-electron chi connectivity index (χ4n) is 2.54. The topological polar surface area (TPSA) is 84.5 Å². The van der Waals surface area contributed by atoms with Gasteiger partial charge >= 0.3 is 0 Å². The van der Waals surface area contributed by atoms with E-state index in [1.807, 2.05) is 26.0 Å². The zero-order valence-electron chi connectivity index (χ0n) is 15.9. The number of ether oxygens (including phenoxy) is 1. The van der Waals surface area contributed by atoms with E-state index in [4.69, 9.17) is 4.74 Å². The van der Waals surface area contributed by atoms with Gasteiger partial charge in [0.1, 0.15) is 0 Å². The molecule has 0 aliphatic carbocycles. The van der Waals surface area contributed by atoms with Crippen molar-refractivity contribution in [3.63, 3.8) is 0 Å². The summed E-state index contributed by atoms with van der Waals surface area (Å²) in [5.41, 5.74) is 2.22. The van der Waals surface area contributed by atoms with Crippen LogP contribution in [0.3, 0.4) is 0 Å². The lowest BCUT2D eigenvalue weighted by Gasteiger charge is -2.13. The Morgan fingerprint density at radius 3 is 2.52 bits per heavy atom. The zero-order valence-corrected chi connectivity index (χ0v) is 16.7. The van der Waals surface area contributed by atoms with E-state index in [1.54, 1.807) is 31.2 Å². The van der Waals surface area contributed by atoms with E-state index in [0.29, 0.717) is 43.0 Å². The maximum atomic E-state index is 12.8. The van der Waals surface area contributed by atoms with Gasteiger partial charge in [-0.3, -0.25) is 9.52 Å². The predicted molar refractivity (Wildman–Crippen MR) is 107 cm³/mol. The van der Waals surface area contributed by atoms with Gasteiger partial charge in [-0.15, -0.1) is 0 Å². The van der Waals surface area contributed by atoms with Crippen LogP contribution >= 0.6 is 0 Å². The molecule has 0 aromatic heterocycles. The van der Waals surface area contributed by atoms with Crippen molar-refractivity contribution >= 4 is 21.6 Å². The number of anilines is 1. The van der Waals surface area contributed by atoms with Crippen molar-refractivity contribution in [2.45, 2.75) is 32.1 Å². The third-order valence-electron chi connectivity index (χ3n) is 4.08. The molecule has 27 heavy (non-hydrogen) atoms. The molecule has 2 N–H and O–H groups in total. The van der Waals surface area contributed by atoms with Crippen LogP contribution in [0.15, 0.2) is 47.4 Å². The van der Waals surface area contributed by atoms with Gasteiger partial charge in [0.25, 0.3) is 15.9 Å². The lowest BCUT2D eigenvalue weighted by atomic mass is 10.1. The van der Waals surface area contributed by atoms with E-state index in [1.165, 1.54) is 6.07 Å². The highest BCUT2D eigenvalue weighted by molar-refractivity contribution is 7.92. The molecule has 0 atom stereocenters. The first kappa shape index (κ1) is 20.9. The molecule has 0 fully saturated rings. The largest absolute Gasteiger partial charge is 0.382 e. The van der Waals surface area contributed by atoms with Crippen molar-refractivity contribution in [2.24, 2.45) is 0 Å². The Morgan fingerprint density at radius 1 is 1.07 bits per heavy atom. The average Bonchev–Trinajstić information content (AvgIpc) is 2.63.